The minimum absolute atomic E-state index is 0.0972. The van der Waals surface area contributed by atoms with Crippen LogP contribution in [0.15, 0.2) is 73.3 Å². The van der Waals surface area contributed by atoms with Crippen molar-refractivity contribution >= 4 is 18.1 Å². The molecule has 4 fully saturated rings. The van der Waals surface area contributed by atoms with Crippen LogP contribution in [0.3, 0.4) is 0 Å². The molecular formula is C30H34O3. The summed E-state index contributed by atoms with van der Waals surface area (Å²) in [5.74, 6) is 2.55. The van der Waals surface area contributed by atoms with Gasteiger partial charge in [0.25, 0.3) is 0 Å². The summed E-state index contributed by atoms with van der Waals surface area (Å²) in [6.07, 6.45) is 16.9. The Morgan fingerprint density at radius 2 is 1.52 bits per heavy atom. The molecule has 4 bridgehead atoms. The summed E-state index contributed by atoms with van der Waals surface area (Å²) in [5.41, 5.74) is 3.44. The SMILES string of the molecule is C=CC(=O)OC12CC3CC(CC(C3)C1)C2.Cc1cccc(C=CC=Cc2ccc(O)cc2)c1. The monoisotopic (exact) mass is 442 g/mol. The summed E-state index contributed by atoms with van der Waals surface area (Å²) in [5, 5.41) is 9.16. The smallest absolute Gasteiger partial charge is 0.330 e. The molecule has 2 aromatic rings. The number of hydrogen-bond acceptors (Lipinski definition) is 3. The maximum Gasteiger partial charge on any atom is 0.330 e. The van der Waals surface area contributed by atoms with E-state index in [0.717, 1.165) is 42.6 Å². The number of benzene rings is 2. The Labute approximate surface area is 197 Å². The maximum atomic E-state index is 11.4. The second kappa shape index (κ2) is 10.2. The average molecular weight is 443 g/mol. The van der Waals surface area contributed by atoms with E-state index in [2.05, 4.69) is 43.8 Å². The van der Waals surface area contributed by atoms with Gasteiger partial charge in [-0.05, 0) is 86.5 Å². The molecule has 0 heterocycles. The second-order valence-electron chi connectivity index (χ2n) is 9.95. The van der Waals surface area contributed by atoms with Crippen LogP contribution >= 0.6 is 0 Å². The summed E-state index contributed by atoms with van der Waals surface area (Å²) in [4.78, 5) is 11.4. The molecule has 4 aliphatic carbocycles. The number of aryl methyl sites for hydroxylation is 1. The van der Waals surface area contributed by atoms with Gasteiger partial charge in [0.2, 0.25) is 0 Å². The number of esters is 1. The van der Waals surface area contributed by atoms with Crippen LogP contribution in [-0.2, 0) is 9.53 Å². The molecule has 0 amide bonds. The lowest BCUT2D eigenvalue weighted by atomic mass is 9.54. The molecule has 0 unspecified atom stereocenters. The number of aromatic hydroxyl groups is 1. The highest BCUT2D eigenvalue weighted by atomic mass is 16.6. The highest BCUT2D eigenvalue weighted by Crippen LogP contribution is 2.57. The summed E-state index contributed by atoms with van der Waals surface area (Å²) in [6, 6.07) is 15.5. The van der Waals surface area contributed by atoms with Crippen LogP contribution in [-0.4, -0.2) is 16.7 Å². The molecule has 6 rings (SSSR count). The molecule has 0 spiro atoms. The van der Waals surface area contributed by atoms with Gasteiger partial charge in [-0.3, -0.25) is 0 Å². The fourth-order valence-electron chi connectivity index (χ4n) is 6.10. The predicted molar refractivity (Wildman–Crippen MR) is 135 cm³/mol. The van der Waals surface area contributed by atoms with Crippen molar-refractivity contribution in [2.75, 3.05) is 0 Å². The van der Waals surface area contributed by atoms with E-state index in [-0.39, 0.29) is 11.6 Å². The molecule has 0 saturated heterocycles. The third-order valence-electron chi connectivity index (χ3n) is 7.09. The van der Waals surface area contributed by atoms with Crippen molar-refractivity contribution < 1.29 is 14.6 Å². The quantitative estimate of drug-likeness (QED) is 0.305. The van der Waals surface area contributed by atoms with Crippen molar-refractivity contribution in [3.05, 3.63) is 90.0 Å². The molecule has 0 radical (unpaired) electrons. The number of allylic oxidation sites excluding steroid dienone is 2. The minimum Gasteiger partial charge on any atom is -0.508 e. The van der Waals surface area contributed by atoms with Crippen LogP contribution < -0.4 is 0 Å². The van der Waals surface area contributed by atoms with E-state index in [0.29, 0.717) is 5.75 Å². The zero-order valence-corrected chi connectivity index (χ0v) is 19.5. The number of carbonyl (C=O) groups is 1. The maximum absolute atomic E-state index is 11.4. The molecular weight excluding hydrogens is 408 g/mol. The molecule has 2 aromatic carbocycles. The van der Waals surface area contributed by atoms with Crippen molar-refractivity contribution in [1.29, 1.82) is 0 Å². The molecule has 4 aliphatic rings. The van der Waals surface area contributed by atoms with E-state index in [1.165, 1.54) is 36.5 Å². The van der Waals surface area contributed by atoms with E-state index >= 15 is 0 Å². The Balaban J connectivity index is 0.000000159. The molecule has 0 aromatic heterocycles. The van der Waals surface area contributed by atoms with Crippen molar-refractivity contribution in [2.45, 2.75) is 51.0 Å². The van der Waals surface area contributed by atoms with Crippen LogP contribution in [0.4, 0.5) is 0 Å². The largest absolute Gasteiger partial charge is 0.508 e. The first-order valence-electron chi connectivity index (χ1n) is 12.0. The molecule has 0 aliphatic heterocycles. The summed E-state index contributed by atoms with van der Waals surface area (Å²) in [7, 11) is 0. The molecule has 33 heavy (non-hydrogen) atoms. The van der Waals surface area contributed by atoms with E-state index in [9.17, 15) is 4.79 Å². The highest BCUT2D eigenvalue weighted by Gasteiger charge is 2.52. The third kappa shape index (κ3) is 6.25. The van der Waals surface area contributed by atoms with Crippen LogP contribution in [0.5, 0.6) is 5.75 Å². The summed E-state index contributed by atoms with van der Waals surface area (Å²) >= 11 is 0. The fraction of sp³-hybridized carbons (Fsp3) is 0.367. The first-order chi connectivity index (χ1) is 15.9. The van der Waals surface area contributed by atoms with Crippen molar-refractivity contribution in [3.8, 4) is 5.75 Å². The Morgan fingerprint density at radius 1 is 0.939 bits per heavy atom. The first kappa shape index (κ1) is 23.1. The number of phenolic OH excluding ortho intramolecular Hbond substituents is 1. The van der Waals surface area contributed by atoms with Crippen LogP contribution in [0.1, 0.15) is 55.2 Å². The van der Waals surface area contributed by atoms with E-state index in [4.69, 9.17) is 9.84 Å². The third-order valence-corrected chi connectivity index (χ3v) is 7.09. The average Bonchev–Trinajstić information content (AvgIpc) is 2.77. The highest BCUT2D eigenvalue weighted by molar-refractivity contribution is 5.81. The van der Waals surface area contributed by atoms with Crippen LogP contribution in [0.2, 0.25) is 0 Å². The fourth-order valence-corrected chi connectivity index (χ4v) is 6.10. The molecule has 4 saturated carbocycles. The summed E-state index contributed by atoms with van der Waals surface area (Å²) < 4.78 is 5.64. The van der Waals surface area contributed by atoms with E-state index in [1.807, 2.05) is 30.4 Å². The Kier molecular flexibility index (Phi) is 7.17. The van der Waals surface area contributed by atoms with Gasteiger partial charge in [0.05, 0.1) is 0 Å². The van der Waals surface area contributed by atoms with Gasteiger partial charge in [0, 0.05) is 6.08 Å². The Bertz CT molecular complexity index is 993. The molecule has 3 heteroatoms. The topological polar surface area (TPSA) is 46.5 Å². The van der Waals surface area contributed by atoms with Gasteiger partial charge in [-0.25, -0.2) is 4.79 Å². The lowest BCUT2D eigenvalue weighted by molar-refractivity contribution is -0.181. The zero-order chi connectivity index (χ0) is 23.3. The van der Waals surface area contributed by atoms with E-state index < -0.39 is 0 Å². The Hall–Kier alpha value is -3.07. The normalized spacial score (nSPS) is 27.4. The predicted octanol–water partition coefficient (Wildman–Crippen LogP) is 7.11. The number of ether oxygens (including phenoxy) is 1. The standard InChI is InChI=1S/C17H16O.C13H18O2/c1-14-5-4-8-16(13-14)7-3-2-6-15-9-11-17(18)12-10-15;1-2-12(14)15-13-6-9-3-10(7-13)5-11(4-9)8-13/h2-13,18H,1H3;2,9-11H,1,3-8H2. The second-order valence-corrected chi connectivity index (χ2v) is 9.95. The molecule has 172 valence electrons. The van der Waals surface area contributed by atoms with Crippen molar-refractivity contribution in [2.24, 2.45) is 17.8 Å². The van der Waals surface area contributed by atoms with Crippen LogP contribution in [0.25, 0.3) is 12.2 Å². The van der Waals surface area contributed by atoms with Gasteiger partial charge in [-0.1, -0.05) is 72.8 Å². The van der Waals surface area contributed by atoms with Gasteiger partial charge in [0.1, 0.15) is 11.4 Å². The minimum atomic E-state index is -0.225. The van der Waals surface area contributed by atoms with Crippen molar-refractivity contribution in [1.82, 2.24) is 0 Å². The lowest BCUT2D eigenvalue weighted by Gasteiger charge is -2.55. The number of phenols is 1. The lowest BCUT2D eigenvalue weighted by Crippen LogP contribution is -2.52. The van der Waals surface area contributed by atoms with Crippen molar-refractivity contribution in [3.63, 3.8) is 0 Å². The summed E-state index contributed by atoms with van der Waals surface area (Å²) in [6.45, 7) is 5.57. The van der Waals surface area contributed by atoms with Gasteiger partial charge in [-0.15, -0.1) is 0 Å². The van der Waals surface area contributed by atoms with Gasteiger partial charge < -0.3 is 9.84 Å². The van der Waals surface area contributed by atoms with Gasteiger partial charge >= 0.3 is 5.97 Å². The first-order valence-corrected chi connectivity index (χ1v) is 12.0. The number of rotatable bonds is 5. The molecule has 0 atom stereocenters. The van der Waals surface area contributed by atoms with Crippen LogP contribution in [0, 0.1) is 24.7 Å². The zero-order valence-electron chi connectivity index (χ0n) is 19.5. The van der Waals surface area contributed by atoms with Gasteiger partial charge in [-0.2, -0.15) is 0 Å². The number of carbonyl (C=O) groups excluding carboxylic acids is 1. The van der Waals surface area contributed by atoms with E-state index in [1.54, 1.807) is 12.1 Å². The number of hydrogen-bond donors (Lipinski definition) is 1. The van der Waals surface area contributed by atoms with Gasteiger partial charge in [0.15, 0.2) is 0 Å². The molecule has 1 N–H and O–H groups in total. The Morgan fingerprint density at radius 3 is 2.06 bits per heavy atom. The molecule has 3 nitrogen and oxygen atoms in total.